The van der Waals surface area contributed by atoms with E-state index in [0.717, 1.165) is 12.1 Å². The van der Waals surface area contributed by atoms with Crippen LogP contribution in [0.1, 0.15) is 36.5 Å². The molecule has 0 aliphatic heterocycles. The Morgan fingerprint density at radius 1 is 1.11 bits per heavy atom. The van der Waals surface area contributed by atoms with Gasteiger partial charge in [0, 0.05) is 18.1 Å². The molecule has 0 spiro atoms. The number of rotatable bonds is 6. The van der Waals surface area contributed by atoms with Crippen LogP contribution in [0.4, 0.5) is 8.78 Å². The van der Waals surface area contributed by atoms with Crippen molar-refractivity contribution in [3.8, 4) is 0 Å². The molecular formula is C13H14F2O3. The SMILES string of the molecule is CCCOC(=O)CCC(=O)c1cc(F)cc(F)c1. The maximum absolute atomic E-state index is 12.9. The minimum atomic E-state index is -0.813. The van der Waals surface area contributed by atoms with E-state index in [4.69, 9.17) is 4.74 Å². The molecule has 0 saturated heterocycles. The Labute approximate surface area is 104 Å². The molecule has 5 heteroatoms. The third kappa shape index (κ3) is 4.61. The number of hydrogen-bond donors (Lipinski definition) is 0. The van der Waals surface area contributed by atoms with Crippen molar-refractivity contribution in [1.82, 2.24) is 0 Å². The summed E-state index contributed by atoms with van der Waals surface area (Å²) in [6.45, 7) is 2.16. The van der Waals surface area contributed by atoms with Gasteiger partial charge in [-0.2, -0.15) is 0 Å². The number of hydrogen-bond acceptors (Lipinski definition) is 3. The molecule has 0 amide bonds. The van der Waals surface area contributed by atoms with Crippen molar-refractivity contribution in [2.45, 2.75) is 26.2 Å². The maximum Gasteiger partial charge on any atom is 0.306 e. The first-order valence-electron chi connectivity index (χ1n) is 5.68. The Morgan fingerprint density at radius 3 is 2.28 bits per heavy atom. The van der Waals surface area contributed by atoms with Crippen LogP contribution in [-0.2, 0) is 9.53 Å². The lowest BCUT2D eigenvalue weighted by Gasteiger charge is -2.03. The lowest BCUT2D eigenvalue weighted by Crippen LogP contribution is -2.09. The molecule has 0 N–H and O–H groups in total. The predicted octanol–water partition coefficient (Wildman–Crippen LogP) is 2.88. The zero-order valence-electron chi connectivity index (χ0n) is 10.0. The molecule has 98 valence electrons. The highest BCUT2D eigenvalue weighted by atomic mass is 19.1. The smallest absolute Gasteiger partial charge is 0.306 e. The molecule has 0 aromatic heterocycles. The van der Waals surface area contributed by atoms with Crippen LogP contribution in [0.15, 0.2) is 18.2 Å². The number of carbonyl (C=O) groups is 2. The van der Waals surface area contributed by atoms with E-state index in [1.54, 1.807) is 0 Å². The standard InChI is InChI=1S/C13H14F2O3/c1-2-5-18-13(17)4-3-12(16)9-6-10(14)8-11(15)7-9/h6-8H,2-5H2,1H3. The number of halogens is 2. The van der Waals surface area contributed by atoms with Crippen molar-refractivity contribution in [2.24, 2.45) is 0 Å². The van der Waals surface area contributed by atoms with Gasteiger partial charge in [-0.1, -0.05) is 6.92 Å². The molecular weight excluding hydrogens is 242 g/mol. The number of Topliss-reactive ketones (excluding diaryl/α,β-unsaturated/α-hetero) is 1. The average molecular weight is 256 g/mol. The van der Waals surface area contributed by atoms with Gasteiger partial charge in [0.25, 0.3) is 0 Å². The number of ketones is 1. The Balaban J connectivity index is 2.52. The maximum atomic E-state index is 12.9. The molecule has 18 heavy (non-hydrogen) atoms. The van der Waals surface area contributed by atoms with Crippen molar-refractivity contribution in [3.63, 3.8) is 0 Å². The van der Waals surface area contributed by atoms with Gasteiger partial charge in [-0.05, 0) is 18.6 Å². The van der Waals surface area contributed by atoms with Gasteiger partial charge >= 0.3 is 5.97 Å². The van der Waals surface area contributed by atoms with Crippen LogP contribution in [0, 0.1) is 11.6 Å². The molecule has 0 aliphatic rings. The first-order valence-corrected chi connectivity index (χ1v) is 5.68. The molecule has 0 aliphatic carbocycles. The number of benzene rings is 1. The van der Waals surface area contributed by atoms with Crippen LogP contribution in [0.2, 0.25) is 0 Å². The molecule has 1 aromatic carbocycles. The predicted molar refractivity (Wildman–Crippen MR) is 61.2 cm³/mol. The summed E-state index contributed by atoms with van der Waals surface area (Å²) >= 11 is 0. The molecule has 0 fully saturated rings. The van der Waals surface area contributed by atoms with Crippen molar-refractivity contribution in [1.29, 1.82) is 0 Å². The summed E-state index contributed by atoms with van der Waals surface area (Å²) in [6, 6.07) is 2.58. The number of ether oxygens (including phenoxy) is 1. The first-order chi connectivity index (χ1) is 8.52. The minimum Gasteiger partial charge on any atom is -0.466 e. The van der Waals surface area contributed by atoms with Gasteiger partial charge in [-0.3, -0.25) is 9.59 Å². The van der Waals surface area contributed by atoms with Crippen LogP contribution >= 0.6 is 0 Å². The van der Waals surface area contributed by atoms with Crippen LogP contribution in [0.5, 0.6) is 0 Å². The molecule has 0 unspecified atom stereocenters. The molecule has 0 radical (unpaired) electrons. The summed E-state index contributed by atoms with van der Waals surface area (Å²) in [6.07, 6.45) is 0.497. The summed E-state index contributed by atoms with van der Waals surface area (Å²) in [7, 11) is 0. The summed E-state index contributed by atoms with van der Waals surface area (Å²) in [5.41, 5.74) is -0.0733. The highest BCUT2D eigenvalue weighted by Gasteiger charge is 2.12. The largest absolute Gasteiger partial charge is 0.466 e. The van der Waals surface area contributed by atoms with Gasteiger partial charge in [-0.25, -0.2) is 8.78 Å². The van der Waals surface area contributed by atoms with Crippen molar-refractivity contribution < 1.29 is 23.1 Å². The molecule has 1 rings (SSSR count). The fraction of sp³-hybridized carbons (Fsp3) is 0.385. The molecule has 1 aromatic rings. The van der Waals surface area contributed by atoms with Gasteiger partial charge in [-0.15, -0.1) is 0 Å². The van der Waals surface area contributed by atoms with E-state index in [1.807, 2.05) is 6.92 Å². The summed E-state index contributed by atoms with van der Waals surface area (Å²) < 4.78 is 30.5. The van der Waals surface area contributed by atoms with E-state index >= 15 is 0 Å². The van der Waals surface area contributed by atoms with E-state index in [9.17, 15) is 18.4 Å². The lowest BCUT2D eigenvalue weighted by atomic mass is 10.1. The molecule has 0 heterocycles. The second-order valence-corrected chi connectivity index (χ2v) is 3.80. The highest BCUT2D eigenvalue weighted by Crippen LogP contribution is 2.11. The van der Waals surface area contributed by atoms with E-state index in [1.165, 1.54) is 0 Å². The van der Waals surface area contributed by atoms with E-state index in [2.05, 4.69) is 0 Å². The van der Waals surface area contributed by atoms with Gasteiger partial charge in [0.15, 0.2) is 5.78 Å². The normalized spacial score (nSPS) is 10.2. The summed E-state index contributed by atoms with van der Waals surface area (Å²) in [4.78, 5) is 22.7. The van der Waals surface area contributed by atoms with Gasteiger partial charge in [0.1, 0.15) is 11.6 Å². The van der Waals surface area contributed by atoms with Gasteiger partial charge < -0.3 is 4.74 Å². The Morgan fingerprint density at radius 2 is 1.72 bits per heavy atom. The fourth-order valence-electron chi connectivity index (χ4n) is 1.36. The van der Waals surface area contributed by atoms with Crippen molar-refractivity contribution in [2.75, 3.05) is 6.61 Å². The molecule has 3 nitrogen and oxygen atoms in total. The van der Waals surface area contributed by atoms with Crippen LogP contribution in [-0.4, -0.2) is 18.4 Å². The van der Waals surface area contributed by atoms with E-state index in [-0.39, 0.29) is 18.4 Å². The van der Waals surface area contributed by atoms with Gasteiger partial charge in [0.05, 0.1) is 13.0 Å². The molecule has 0 bridgehead atoms. The van der Waals surface area contributed by atoms with Crippen LogP contribution in [0.25, 0.3) is 0 Å². The number of esters is 1. The topological polar surface area (TPSA) is 43.4 Å². The lowest BCUT2D eigenvalue weighted by molar-refractivity contribution is -0.143. The third-order valence-electron chi connectivity index (χ3n) is 2.21. The van der Waals surface area contributed by atoms with Crippen molar-refractivity contribution in [3.05, 3.63) is 35.4 Å². The Bertz CT molecular complexity index is 424. The molecule has 0 atom stereocenters. The monoisotopic (exact) mass is 256 g/mol. The second kappa shape index (κ2) is 6.83. The highest BCUT2D eigenvalue weighted by molar-refractivity contribution is 5.97. The third-order valence-corrected chi connectivity index (χ3v) is 2.21. The Kier molecular flexibility index (Phi) is 5.42. The second-order valence-electron chi connectivity index (χ2n) is 3.80. The summed E-state index contributed by atoms with van der Waals surface area (Å²) in [5.74, 6) is -2.59. The average Bonchev–Trinajstić information content (AvgIpc) is 2.32. The van der Waals surface area contributed by atoms with Crippen molar-refractivity contribution >= 4 is 11.8 Å². The first kappa shape index (κ1) is 14.3. The Hall–Kier alpha value is -1.78. The fourth-order valence-corrected chi connectivity index (χ4v) is 1.36. The van der Waals surface area contributed by atoms with E-state index in [0.29, 0.717) is 19.1 Å². The molecule has 0 saturated carbocycles. The number of carbonyl (C=O) groups excluding carboxylic acids is 2. The van der Waals surface area contributed by atoms with E-state index < -0.39 is 23.4 Å². The van der Waals surface area contributed by atoms with Gasteiger partial charge in [0.2, 0.25) is 0 Å². The van der Waals surface area contributed by atoms with Crippen LogP contribution in [0.3, 0.4) is 0 Å². The quantitative estimate of drug-likeness (QED) is 0.580. The summed E-state index contributed by atoms with van der Waals surface area (Å²) in [5, 5.41) is 0. The minimum absolute atomic E-state index is 0.0733. The zero-order chi connectivity index (χ0) is 13.5. The zero-order valence-corrected chi connectivity index (χ0v) is 10.0. The van der Waals surface area contributed by atoms with Crippen LogP contribution < -0.4 is 0 Å².